The molecule has 2 aromatic carbocycles. The first-order valence-corrected chi connectivity index (χ1v) is 7.67. The molecule has 1 aliphatic rings. The van der Waals surface area contributed by atoms with Crippen LogP contribution in [0.15, 0.2) is 36.4 Å². The van der Waals surface area contributed by atoms with Gasteiger partial charge < -0.3 is 34.6 Å². The van der Waals surface area contributed by atoms with Crippen molar-refractivity contribution in [1.82, 2.24) is 0 Å². The van der Waals surface area contributed by atoms with Crippen molar-refractivity contribution in [2.24, 2.45) is 0 Å². The number of ether oxygens (including phenoxy) is 3. The second-order valence-electron chi connectivity index (χ2n) is 5.66. The first-order valence-electron chi connectivity index (χ1n) is 7.67. The zero-order valence-corrected chi connectivity index (χ0v) is 12.9. The number of aliphatic hydroxyl groups excluding tert-OH is 3. The maximum absolute atomic E-state index is 9.74. The summed E-state index contributed by atoms with van der Waals surface area (Å²) in [6.45, 7) is 0.286. The fourth-order valence-corrected chi connectivity index (χ4v) is 2.55. The Hall–Kier alpha value is -1.90. The van der Waals surface area contributed by atoms with Crippen molar-refractivity contribution in [3.63, 3.8) is 0 Å². The van der Waals surface area contributed by atoms with E-state index in [-0.39, 0.29) is 25.6 Å². The monoisotopic (exact) mass is 336 g/mol. The van der Waals surface area contributed by atoms with Crippen LogP contribution in [0.1, 0.15) is 0 Å². The second-order valence-corrected chi connectivity index (χ2v) is 5.66. The molecule has 0 aliphatic carbocycles. The third-order valence-electron chi connectivity index (χ3n) is 3.88. The van der Waals surface area contributed by atoms with Crippen LogP contribution in [0.25, 0.3) is 10.8 Å². The molecule has 0 saturated carbocycles. The molecule has 24 heavy (non-hydrogen) atoms. The number of aliphatic hydroxyl groups is 3. The number of benzene rings is 2. The van der Waals surface area contributed by atoms with Gasteiger partial charge in [0, 0.05) is 0 Å². The van der Waals surface area contributed by atoms with Gasteiger partial charge in [0.25, 0.3) is 0 Å². The van der Waals surface area contributed by atoms with Gasteiger partial charge in [0.15, 0.2) is 6.29 Å². The summed E-state index contributed by atoms with van der Waals surface area (Å²) in [6, 6.07) is 10.6. The van der Waals surface area contributed by atoms with E-state index in [1.165, 1.54) is 0 Å². The molecule has 7 heteroatoms. The van der Waals surface area contributed by atoms with Crippen LogP contribution < -0.4 is 4.74 Å². The maximum Gasteiger partial charge on any atom is 0.186 e. The van der Waals surface area contributed by atoms with E-state index < -0.39 is 24.6 Å². The van der Waals surface area contributed by atoms with Gasteiger partial charge in [0.1, 0.15) is 36.4 Å². The topological polar surface area (TPSA) is 109 Å². The minimum atomic E-state index is -1.30. The highest BCUT2D eigenvalue weighted by atomic mass is 16.7. The summed E-state index contributed by atoms with van der Waals surface area (Å²) in [7, 11) is 0. The number of phenolic OH excluding ortho intramolecular Hbond substituents is 1. The van der Waals surface area contributed by atoms with E-state index in [0.29, 0.717) is 5.75 Å². The lowest BCUT2D eigenvalue weighted by atomic mass is 10.1. The Morgan fingerprint density at radius 2 is 1.71 bits per heavy atom. The predicted molar refractivity (Wildman–Crippen MR) is 84.8 cm³/mol. The predicted octanol–water partition coefficient (Wildman–Crippen LogP) is 0.380. The second kappa shape index (κ2) is 7.33. The third kappa shape index (κ3) is 3.77. The molecule has 0 bridgehead atoms. The van der Waals surface area contributed by atoms with Crippen molar-refractivity contribution in [3.8, 4) is 11.5 Å². The van der Waals surface area contributed by atoms with Crippen LogP contribution in [-0.2, 0) is 9.47 Å². The largest absolute Gasteiger partial charge is 0.508 e. The normalized spacial score (nSPS) is 27.3. The Morgan fingerprint density at radius 3 is 2.54 bits per heavy atom. The highest BCUT2D eigenvalue weighted by molar-refractivity contribution is 5.85. The average Bonchev–Trinajstić information content (AvgIpc) is 2.58. The molecule has 1 saturated heterocycles. The lowest BCUT2D eigenvalue weighted by Gasteiger charge is -2.34. The lowest BCUT2D eigenvalue weighted by Crippen LogP contribution is -2.53. The maximum atomic E-state index is 9.74. The Labute approximate surface area is 138 Å². The zero-order valence-electron chi connectivity index (χ0n) is 12.9. The quantitative estimate of drug-likeness (QED) is 0.585. The molecular weight excluding hydrogens is 316 g/mol. The molecule has 130 valence electrons. The van der Waals surface area contributed by atoms with Crippen molar-refractivity contribution in [1.29, 1.82) is 0 Å². The van der Waals surface area contributed by atoms with Crippen LogP contribution in [0.5, 0.6) is 11.5 Å². The Morgan fingerprint density at radius 1 is 0.958 bits per heavy atom. The van der Waals surface area contributed by atoms with Crippen molar-refractivity contribution < 1.29 is 34.6 Å². The number of aromatic hydroxyl groups is 1. The molecule has 2 aromatic rings. The molecule has 1 aliphatic heterocycles. The molecular formula is C17H20O7. The summed E-state index contributed by atoms with van der Waals surface area (Å²) in [5.74, 6) is 0.861. The lowest BCUT2D eigenvalue weighted by molar-refractivity contribution is -0.270. The summed E-state index contributed by atoms with van der Waals surface area (Å²) in [6.07, 6.45) is -4.71. The SMILES string of the molecule is Oc1ccc2cc(OCCO[C@@H]3OC[C@@H](O)[C@H](O)[C@H]3O)ccc2c1. The van der Waals surface area contributed by atoms with Crippen LogP contribution in [-0.4, -0.2) is 64.8 Å². The van der Waals surface area contributed by atoms with Crippen LogP contribution in [0.3, 0.4) is 0 Å². The first kappa shape index (κ1) is 16.9. The summed E-state index contributed by atoms with van der Waals surface area (Å²) < 4.78 is 16.1. The molecule has 7 nitrogen and oxygen atoms in total. The molecule has 1 fully saturated rings. The number of rotatable bonds is 5. The van der Waals surface area contributed by atoms with Crippen molar-refractivity contribution >= 4 is 10.8 Å². The van der Waals surface area contributed by atoms with Gasteiger partial charge in [-0.25, -0.2) is 0 Å². The Kier molecular flexibility index (Phi) is 5.17. The van der Waals surface area contributed by atoms with Crippen molar-refractivity contribution in [3.05, 3.63) is 36.4 Å². The van der Waals surface area contributed by atoms with Gasteiger partial charge in [0.2, 0.25) is 0 Å². The van der Waals surface area contributed by atoms with Gasteiger partial charge in [-0.2, -0.15) is 0 Å². The van der Waals surface area contributed by atoms with Gasteiger partial charge in [-0.1, -0.05) is 12.1 Å². The molecule has 4 N–H and O–H groups in total. The van der Waals surface area contributed by atoms with Gasteiger partial charge in [-0.05, 0) is 35.0 Å². The highest BCUT2D eigenvalue weighted by Gasteiger charge is 2.38. The van der Waals surface area contributed by atoms with Gasteiger partial charge in [-0.3, -0.25) is 0 Å². The minimum Gasteiger partial charge on any atom is -0.508 e. The smallest absolute Gasteiger partial charge is 0.186 e. The first-order chi connectivity index (χ1) is 11.5. The van der Waals surface area contributed by atoms with Crippen LogP contribution >= 0.6 is 0 Å². The van der Waals surface area contributed by atoms with E-state index >= 15 is 0 Å². The molecule has 0 spiro atoms. The third-order valence-corrected chi connectivity index (χ3v) is 3.88. The minimum absolute atomic E-state index is 0.0960. The standard InChI is InChI=1S/C17H20O7/c18-12-3-1-11-8-13(4-2-10(11)7-12)22-5-6-23-17-16(21)15(20)14(19)9-24-17/h1-4,7-8,14-21H,5-6,9H2/t14-,15+,16-,17-/m1/s1. The molecule has 0 unspecified atom stereocenters. The molecule has 3 rings (SSSR count). The van der Waals surface area contributed by atoms with E-state index in [4.69, 9.17) is 14.2 Å². The number of hydrogen-bond acceptors (Lipinski definition) is 7. The van der Waals surface area contributed by atoms with E-state index in [2.05, 4.69) is 0 Å². The van der Waals surface area contributed by atoms with Crippen molar-refractivity contribution in [2.75, 3.05) is 19.8 Å². The number of fused-ring (bicyclic) bond motifs is 1. The van der Waals surface area contributed by atoms with Crippen LogP contribution in [0.2, 0.25) is 0 Å². The van der Waals surface area contributed by atoms with E-state index in [9.17, 15) is 20.4 Å². The van der Waals surface area contributed by atoms with E-state index in [1.54, 1.807) is 24.3 Å². The summed E-state index contributed by atoms with van der Waals surface area (Å²) in [4.78, 5) is 0. The van der Waals surface area contributed by atoms with Crippen LogP contribution in [0.4, 0.5) is 0 Å². The zero-order chi connectivity index (χ0) is 17.1. The Balaban J connectivity index is 1.49. The molecule has 0 radical (unpaired) electrons. The fraction of sp³-hybridized carbons (Fsp3) is 0.412. The number of hydrogen-bond donors (Lipinski definition) is 4. The van der Waals surface area contributed by atoms with Crippen LogP contribution in [0, 0.1) is 0 Å². The van der Waals surface area contributed by atoms with Gasteiger partial charge in [0.05, 0.1) is 13.2 Å². The fourth-order valence-electron chi connectivity index (χ4n) is 2.55. The molecule has 4 atom stereocenters. The van der Waals surface area contributed by atoms with Gasteiger partial charge >= 0.3 is 0 Å². The number of phenols is 1. The average molecular weight is 336 g/mol. The van der Waals surface area contributed by atoms with Crippen molar-refractivity contribution in [2.45, 2.75) is 24.6 Å². The molecule has 0 aromatic heterocycles. The summed E-state index contributed by atoms with van der Waals surface area (Å²) in [5, 5.41) is 40.0. The summed E-state index contributed by atoms with van der Waals surface area (Å²) in [5.41, 5.74) is 0. The molecule has 0 amide bonds. The highest BCUT2D eigenvalue weighted by Crippen LogP contribution is 2.24. The summed E-state index contributed by atoms with van der Waals surface area (Å²) >= 11 is 0. The van der Waals surface area contributed by atoms with Gasteiger partial charge in [-0.15, -0.1) is 0 Å². The van der Waals surface area contributed by atoms with E-state index in [0.717, 1.165) is 10.8 Å². The Bertz CT molecular complexity index is 690. The van der Waals surface area contributed by atoms with E-state index in [1.807, 2.05) is 12.1 Å². The molecule has 1 heterocycles.